The molecule has 2 heteroatoms. The Balaban J connectivity index is 1.94. The lowest BCUT2D eigenvalue weighted by atomic mass is 9.74. The Kier molecular flexibility index (Phi) is 2.45. The topological polar surface area (TPSA) is 40.5 Å². The van der Waals surface area contributed by atoms with Crippen molar-refractivity contribution in [2.45, 2.75) is 52.1 Å². The van der Waals surface area contributed by atoms with Crippen molar-refractivity contribution in [1.82, 2.24) is 0 Å². The second-order valence-electron chi connectivity index (χ2n) is 7.49. The van der Waals surface area contributed by atoms with Gasteiger partial charge in [0.25, 0.3) is 0 Å². The summed E-state index contributed by atoms with van der Waals surface area (Å²) in [6.45, 7) is 7.10. The van der Waals surface area contributed by atoms with Gasteiger partial charge in [-0.05, 0) is 54.3 Å². The first kappa shape index (κ1) is 12.0. The van der Waals surface area contributed by atoms with E-state index in [-0.39, 0.29) is 6.61 Å². The fourth-order valence-electron chi connectivity index (χ4n) is 5.34. The summed E-state index contributed by atoms with van der Waals surface area (Å²) in [6.07, 6.45) is 4.26. The second-order valence-corrected chi connectivity index (χ2v) is 7.49. The molecule has 0 bridgehead atoms. The molecule has 0 aromatic carbocycles. The molecular weight excluding hydrogens is 212 g/mol. The summed E-state index contributed by atoms with van der Waals surface area (Å²) in [7, 11) is 0. The number of hydrogen-bond acceptors (Lipinski definition) is 2. The zero-order chi connectivity index (χ0) is 12.4. The quantitative estimate of drug-likeness (QED) is 0.736. The average molecular weight is 238 g/mol. The Labute approximate surface area is 104 Å². The molecule has 2 N–H and O–H groups in total. The van der Waals surface area contributed by atoms with Crippen molar-refractivity contribution in [3.63, 3.8) is 0 Å². The Morgan fingerprint density at radius 3 is 2.47 bits per heavy atom. The number of aliphatic hydroxyl groups excluding tert-OH is 1. The lowest BCUT2D eigenvalue weighted by Gasteiger charge is -2.37. The summed E-state index contributed by atoms with van der Waals surface area (Å²) < 4.78 is 0. The summed E-state index contributed by atoms with van der Waals surface area (Å²) in [4.78, 5) is 0. The molecular formula is C15H26O2. The van der Waals surface area contributed by atoms with Crippen LogP contribution in [0.1, 0.15) is 46.5 Å². The van der Waals surface area contributed by atoms with Crippen LogP contribution < -0.4 is 0 Å². The molecule has 3 fully saturated rings. The van der Waals surface area contributed by atoms with Crippen LogP contribution in [0.4, 0.5) is 0 Å². The molecule has 3 aliphatic carbocycles. The lowest BCUT2D eigenvalue weighted by molar-refractivity contribution is -0.0830. The molecule has 3 saturated carbocycles. The minimum absolute atomic E-state index is 0.0409. The van der Waals surface area contributed by atoms with Crippen LogP contribution in [0, 0.1) is 35.0 Å². The van der Waals surface area contributed by atoms with Gasteiger partial charge in [0.05, 0.1) is 12.2 Å². The maximum atomic E-state index is 10.7. The van der Waals surface area contributed by atoms with Gasteiger partial charge in [-0.25, -0.2) is 0 Å². The monoisotopic (exact) mass is 238 g/mol. The van der Waals surface area contributed by atoms with Crippen molar-refractivity contribution in [1.29, 1.82) is 0 Å². The third kappa shape index (κ3) is 1.46. The molecule has 6 atom stereocenters. The fraction of sp³-hybridized carbons (Fsp3) is 1.00. The SMILES string of the molecule is CC1CCC2C1[C@H]1[C@@H](CC[C@@]2(O)CO)C1(C)C. The highest BCUT2D eigenvalue weighted by Gasteiger charge is 2.67. The molecule has 0 aromatic heterocycles. The highest BCUT2D eigenvalue weighted by Crippen LogP contribution is 2.71. The second kappa shape index (κ2) is 3.48. The highest BCUT2D eigenvalue weighted by molar-refractivity contribution is 5.15. The van der Waals surface area contributed by atoms with Crippen molar-refractivity contribution in [2.24, 2.45) is 35.0 Å². The summed E-state index contributed by atoms with van der Waals surface area (Å²) >= 11 is 0. The van der Waals surface area contributed by atoms with Gasteiger partial charge in [0, 0.05) is 0 Å². The predicted octanol–water partition coefficient (Wildman–Crippen LogP) is 2.44. The van der Waals surface area contributed by atoms with Crippen molar-refractivity contribution in [3.05, 3.63) is 0 Å². The van der Waals surface area contributed by atoms with Gasteiger partial charge in [-0.1, -0.05) is 27.2 Å². The minimum atomic E-state index is -0.779. The molecule has 0 amide bonds. The van der Waals surface area contributed by atoms with E-state index in [4.69, 9.17) is 0 Å². The maximum Gasteiger partial charge on any atom is 0.0908 e. The standard InChI is InChI=1S/C15H26O2/c1-9-4-5-10-12(9)13-11(14(13,2)3)6-7-15(10,17)8-16/h9-13,16-17H,4-8H2,1-3H3/t9?,10?,11-,12?,13-,15-/m1/s1. The number of rotatable bonds is 1. The number of hydrogen-bond donors (Lipinski definition) is 2. The maximum absolute atomic E-state index is 10.7. The van der Waals surface area contributed by atoms with Gasteiger partial charge in [-0.15, -0.1) is 0 Å². The molecule has 0 saturated heterocycles. The Bertz CT molecular complexity index is 325. The summed E-state index contributed by atoms with van der Waals surface area (Å²) in [5.41, 5.74) is -0.294. The van der Waals surface area contributed by atoms with Gasteiger partial charge in [0.1, 0.15) is 0 Å². The van der Waals surface area contributed by atoms with E-state index in [0.29, 0.717) is 17.3 Å². The molecule has 3 unspecified atom stereocenters. The number of aliphatic hydroxyl groups is 2. The van der Waals surface area contributed by atoms with Crippen LogP contribution >= 0.6 is 0 Å². The third-order valence-corrected chi connectivity index (χ3v) is 6.46. The molecule has 0 aromatic rings. The Morgan fingerprint density at radius 2 is 1.82 bits per heavy atom. The smallest absolute Gasteiger partial charge is 0.0908 e. The molecule has 2 nitrogen and oxygen atoms in total. The van der Waals surface area contributed by atoms with Crippen molar-refractivity contribution < 1.29 is 10.2 Å². The first-order valence-electron chi connectivity index (χ1n) is 7.25. The van der Waals surface area contributed by atoms with Crippen molar-refractivity contribution in [3.8, 4) is 0 Å². The van der Waals surface area contributed by atoms with Crippen molar-refractivity contribution in [2.75, 3.05) is 6.61 Å². The zero-order valence-corrected chi connectivity index (χ0v) is 11.3. The molecule has 0 radical (unpaired) electrons. The normalized spacial score (nSPS) is 55.9. The zero-order valence-electron chi connectivity index (χ0n) is 11.3. The molecule has 0 heterocycles. The summed E-state index contributed by atoms with van der Waals surface area (Å²) in [6, 6.07) is 0. The largest absolute Gasteiger partial charge is 0.393 e. The highest BCUT2D eigenvalue weighted by atomic mass is 16.3. The van der Waals surface area contributed by atoms with Crippen molar-refractivity contribution >= 4 is 0 Å². The van der Waals surface area contributed by atoms with Crippen LogP contribution in [-0.4, -0.2) is 22.4 Å². The van der Waals surface area contributed by atoms with E-state index < -0.39 is 5.60 Å². The first-order valence-corrected chi connectivity index (χ1v) is 7.25. The van der Waals surface area contributed by atoms with Gasteiger partial charge in [-0.3, -0.25) is 0 Å². The molecule has 98 valence electrons. The summed E-state index contributed by atoms with van der Waals surface area (Å²) in [5.74, 6) is 3.31. The molecule has 3 rings (SSSR count). The molecule has 3 aliphatic rings. The Morgan fingerprint density at radius 1 is 1.12 bits per heavy atom. The van der Waals surface area contributed by atoms with E-state index in [9.17, 15) is 10.2 Å². The van der Waals surface area contributed by atoms with Crippen LogP contribution in [0.15, 0.2) is 0 Å². The minimum Gasteiger partial charge on any atom is -0.393 e. The molecule has 17 heavy (non-hydrogen) atoms. The van der Waals surface area contributed by atoms with E-state index in [1.54, 1.807) is 0 Å². The van der Waals surface area contributed by atoms with Gasteiger partial charge in [0.15, 0.2) is 0 Å². The number of fused-ring (bicyclic) bond motifs is 3. The van der Waals surface area contributed by atoms with Crippen LogP contribution in [0.25, 0.3) is 0 Å². The first-order chi connectivity index (χ1) is 7.92. The summed E-state index contributed by atoms with van der Waals surface area (Å²) in [5, 5.41) is 20.3. The molecule has 0 spiro atoms. The van der Waals surface area contributed by atoms with Gasteiger partial charge in [0.2, 0.25) is 0 Å². The van der Waals surface area contributed by atoms with Gasteiger partial charge >= 0.3 is 0 Å². The van der Waals surface area contributed by atoms with Crippen LogP contribution in [0.2, 0.25) is 0 Å². The van der Waals surface area contributed by atoms with Gasteiger partial charge < -0.3 is 10.2 Å². The van der Waals surface area contributed by atoms with E-state index in [0.717, 1.165) is 37.0 Å². The van der Waals surface area contributed by atoms with Crippen LogP contribution in [0.3, 0.4) is 0 Å². The van der Waals surface area contributed by atoms with E-state index in [1.165, 1.54) is 6.42 Å². The fourth-order valence-corrected chi connectivity index (χ4v) is 5.34. The van der Waals surface area contributed by atoms with Crippen LogP contribution in [0.5, 0.6) is 0 Å². The van der Waals surface area contributed by atoms with E-state index >= 15 is 0 Å². The lowest BCUT2D eigenvalue weighted by Crippen LogP contribution is -2.44. The van der Waals surface area contributed by atoms with E-state index in [2.05, 4.69) is 20.8 Å². The molecule has 0 aliphatic heterocycles. The third-order valence-electron chi connectivity index (χ3n) is 6.46. The van der Waals surface area contributed by atoms with E-state index in [1.807, 2.05) is 0 Å². The van der Waals surface area contributed by atoms with Crippen LogP contribution in [-0.2, 0) is 0 Å². The Hall–Kier alpha value is -0.0800. The predicted molar refractivity (Wildman–Crippen MR) is 67.4 cm³/mol. The average Bonchev–Trinajstić information content (AvgIpc) is 2.65. The van der Waals surface area contributed by atoms with Gasteiger partial charge in [-0.2, -0.15) is 0 Å².